The molecule has 1 saturated heterocycles. The molecule has 0 unspecified atom stereocenters. The van der Waals surface area contributed by atoms with E-state index in [1.807, 2.05) is 0 Å². The maximum absolute atomic E-state index is 3.46. The second-order valence-electron chi connectivity index (χ2n) is 4.46. The molecule has 1 fully saturated rings. The second-order valence-corrected chi connectivity index (χ2v) is 4.46. The standard InChI is InChI=1S/C11H25N3/c1-13(2)8-5-10-14-9-4-3-6-12-7-11-14/h12H,3-11H2,1-2H3. The van der Waals surface area contributed by atoms with Crippen LogP contribution in [0.4, 0.5) is 0 Å². The second kappa shape index (κ2) is 7.21. The fraction of sp³-hybridized carbons (Fsp3) is 1.00. The summed E-state index contributed by atoms with van der Waals surface area (Å²) in [4.78, 5) is 4.86. The fourth-order valence-electron chi connectivity index (χ4n) is 1.89. The van der Waals surface area contributed by atoms with Crippen molar-refractivity contribution in [3.05, 3.63) is 0 Å². The van der Waals surface area contributed by atoms with Gasteiger partial charge in [-0.15, -0.1) is 0 Å². The van der Waals surface area contributed by atoms with Crippen molar-refractivity contribution in [3.8, 4) is 0 Å². The van der Waals surface area contributed by atoms with Crippen molar-refractivity contribution < 1.29 is 0 Å². The van der Waals surface area contributed by atoms with Crippen molar-refractivity contribution in [1.82, 2.24) is 15.1 Å². The van der Waals surface area contributed by atoms with Gasteiger partial charge < -0.3 is 15.1 Å². The molecule has 1 rings (SSSR count). The van der Waals surface area contributed by atoms with Crippen LogP contribution in [-0.4, -0.2) is 63.2 Å². The molecule has 1 aliphatic heterocycles. The lowest BCUT2D eigenvalue weighted by atomic mass is 10.2. The molecule has 0 radical (unpaired) electrons. The summed E-state index contributed by atoms with van der Waals surface area (Å²) in [6.07, 6.45) is 3.99. The lowest BCUT2D eigenvalue weighted by Gasteiger charge is -2.25. The van der Waals surface area contributed by atoms with Crippen molar-refractivity contribution in [2.75, 3.05) is 53.4 Å². The third-order valence-electron chi connectivity index (χ3n) is 2.76. The Bertz CT molecular complexity index is 128. The molecule has 1 N–H and O–H groups in total. The Hall–Kier alpha value is -0.120. The van der Waals surface area contributed by atoms with E-state index in [9.17, 15) is 0 Å². The van der Waals surface area contributed by atoms with Crippen molar-refractivity contribution in [2.45, 2.75) is 19.3 Å². The quantitative estimate of drug-likeness (QED) is 0.716. The van der Waals surface area contributed by atoms with Gasteiger partial charge in [-0.3, -0.25) is 0 Å². The predicted octanol–water partition coefficient (Wildman–Crippen LogP) is 0.623. The minimum absolute atomic E-state index is 1.17. The van der Waals surface area contributed by atoms with Crippen LogP contribution in [0.3, 0.4) is 0 Å². The maximum Gasteiger partial charge on any atom is 0.0107 e. The van der Waals surface area contributed by atoms with Crippen molar-refractivity contribution in [1.29, 1.82) is 0 Å². The van der Waals surface area contributed by atoms with Gasteiger partial charge in [0.05, 0.1) is 0 Å². The number of hydrogen-bond acceptors (Lipinski definition) is 3. The van der Waals surface area contributed by atoms with Crippen LogP contribution in [0.1, 0.15) is 19.3 Å². The molecule has 3 nitrogen and oxygen atoms in total. The smallest absolute Gasteiger partial charge is 0.0107 e. The van der Waals surface area contributed by atoms with Gasteiger partial charge in [-0.25, -0.2) is 0 Å². The monoisotopic (exact) mass is 199 g/mol. The van der Waals surface area contributed by atoms with Crippen LogP contribution in [0.2, 0.25) is 0 Å². The summed E-state index contributed by atoms with van der Waals surface area (Å²) in [7, 11) is 4.30. The van der Waals surface area contributed by atoms with Gasteiger partial charge in [0.1, 0.15) is 0 Å². The summed E-state index contributed by atoms with van der Waals surface area (Å²) in [5, 5.41) is 3.46. The third kappa shape index (κ3) is 5.58. The highest BCUT2D eigenvalue weighted by Crippen LogP contribution is 1.99. The highest BCUT2D eigenvalue weighted by atomic mass is 15.1. The molecule has 0 aromatic rings. The predicted molar refractivity (Wildman–Crippen MR) is 61.7 cm³/mol. The molecule has 0 saturated carbocycles. The van der Waals surface area contributed by atoms with Crippen LogP contribution < -0.4 is 5.32 Å². The Kier molecular flexibility index (Phi) is 6.15. The summed E-state index contributed by atoms with van der Waals surface area (Å²) in [6.45, 7) is 7.39. The largest absolute Gasteiger partial charge is 0.315 e. The first kappa shape index (κ1) is 12.0. The molecule has 1 heterocycles. The van der Waals surface area contributed by atoms with Gasteiger partial charge in [-0.1, -0.05) is 0 Å². The Labute approximate surface area is 88.5 Å². The fourth-order valence-corrected chi connectivity index (χ4v) is 1.89. The SMILES string of the molecule is CN(C)CCCN1CCCCNCC1. The number of nitrogens with zero attached hydrogens (tertiary/aromatic N) is 2. The van der Waals surface area contributed by atoms with Crippen molar-refractivity contribution in [3.63, 3.8) is 0 Å². The zero-order chi connectivity index (χ0) is 10.2. The van der Waals surface area contributed by atoms with Gasteiger partial charge in [-0.2, -0.15) is 0 Å². The Morgan fingerprint density at radius 3 is 2.79 bits per heavy atom. The van der Waals surface area contributed by atoms with E-state index in [2.05, 4.69) is 29.2 Å². The molecule has 0 bridgehead atoms. The van der Waals surface area contributed by atoms with Crippen LogP contribution in [0.5, 0.6) is 0 Å². The minimum Gasteiger partial charge on any atom is -0.315 e. The minimum atomic E-state index is 1.17. The summed E-state index contributed by atoms with van der Waals surface area (Å²) in [6, 6.07) is 0. The van der Waals surface area contributed by atoms with Crippen molar-refractivity contribution >= 4 is 0 Å². The summed E-state index contributed by atoms with van der Waals surface area (Å²) >= 11 is 0. The molecule has 0 amide bonds. The highest BCUT2D eigenvalue weighted by molar-refractivity contribution is 4.64. The van der Waals surface area contributed by atoms with Gasteiger partial charge in [-0.05, 0) is 59.5 Å². The van der Waals surface area contributed by atoms with E-state index in [0.717, 1.165) is 0 Å². The zero-order valence-corrected chi connectivity index (χ0v) is 9.76. The average Bonchev–Trinajstić information content (AvgIpc) is 2.07. The van der Waals surface area contributed by atoms with Crippen LogP contribution in [0.15, 0.2) is 0 Å². The molecule has 0 aromatic heterocycles. The van der Waals surface area contributed by atoms with Crippen molar-refractivity contribution in [2.24, 2.45) is 0 Å². The topological polar surface area (TPSA) is 18.5 Å². The maximum atomic E-state index is 3.46. The average molecular weight is 199 g/mol. The lowest BCUT2D eigenvalue weighted by molar-refractivity contribution is 0.240. The summed E-state index contributed by atoms with van der Waals surface area (Å²) in [5.41, 5.74) is 0. The molecule has 0 atom stereocenters. The summed E-state index contributed by atoms with van der Waals surface area (Å²) in [5.74, 6) is 0. The molecule has 14 heavy (non-hydrogen) atoms. The first-order valence-electron chi connectivity index (χ1n) is 5.87. The van der Waals surface area contributed by atoms with E-state index >= 15 is 0 Å². The Morgan fingerprint density at radius 2 is 2.00 bits per heavy atom. The van der Waals surface area contributed by atoms with E-state index < -0.39 is 0 Å². The molecule has 0 aromatic carbocycles. The Balaban J connectivity index is 2.08. The van der Waals surface area contributed by atoms with Crippen LogP contribution in [0.25, 0.3) is 0 Å². The van der Waals surface area contributed by atoms with Crippen LogP contribution >= 0.6 is 0 Å². The third-order valence-corrected chi connectivity index (χ3v) is 2.76. The molecular formula is C11H25N3. The molecule has 1 aliphatic rings. The lowest BCUT2D eigenvalue weighted by Crippen LogP contribution is -2.37. The zero-order valence-electron chi connectivity index (χ0n) is 9.76. The van der Waals surface area contributed by atoms with Crippen LogP contribution in [-0.2, 0) is 0 Å². The number of hydrogen-bond donors (Lipinski definition) is 1. The van der Waals surface area contributed by atoms with Gasteiger partial charge in [0.15, 0.2) is 0 Å². The molecule has 0 spiro atoms. The normalized spacial score (nSPS) is 20.8. The van der Waals surface area contributed by atoms with E-state index in [-0.39, 0.29) is 0 Å². The van der Waals surface area contributed by atoms with Gasteiger partial charge in [0.25, 0.3) is 0 Å². The molecule has 84 valence electrons. The molecule has 0 aliphatic carbocycles. The van der Waals surface area contributed by atoms with E-state index in [1.54, 1.807) is 0 Å². The molecule has 3 heteroatoms. The van der Waals surface area contributed by atoms with Gasteiger partial charge in [0.2, 0.25) is 0 Å². The van der Waals surface area contributed by atoms with Gasteiger partial charge >= 0.3 is 0 Å². The van der Waals surface area contributed by atoms with E-state index in [4.69, 9.17) is 0 Å². The summed E-state index contributed by atoms with van der Waals surface area (Å²) < 4.78 is 0. The highest BCUT2D eigenvalue weighted by Gasteiger charge is 2.06. The number of rotatable bonds is 4. The van der Waals surface area contributed by atoms with E-state index in [0.29, 0.717) is 0 Å². The van der Waals surface area contributed by atoms with Crippen LogP contribution in [0, 0.1) is 0 Å². The molecular weight excluding hydrogens is 174 g/mol. The van der Waals surface area contributed by atoms with E-state index in [1.165, 1.54) is 58.5 Å². The number of nitrogens with one attached hydrogen (secondary N) is 1. The van der Waals surface area contributed by atoms with Gasteiger partial charge in [0, 0.05) is 13.1 Å². The first-order valence-corrected chi connectivity index (χ1v) is 5.87. The Morgan fingerprint density at radius 1 is 1.14 bits per heavy atom. The first-order chi connectivity index (χ1) is 6.79.